The Labute approximate surface area is 101 Å². The quantitative estimate of drug-likeness (QED) is 0.760. The van der Waals surface area contributed by atoms with Crippen molar-refractivity contribution in [1.29, 1.82) is 0 Å². The Balaban J connectivity index is 2.13. The molecule has 0 heterocycles. The zero-order valence-electron chi connectivity index (χ0n) is 10.3. The molecule has 0 bridgehead atoms. The van der Waals surface area contributed by atoms with Crippen molar-refractivity contribution < 1.29 is 9.18 Å². The van der Waals surface area contributed by atoms with Gasteiger partial charge >= 0.3 is 0 Å². The molecule has 1 aromatic carbocycles. The second-order valence-corrected chi connectivity index (χ2v) is 5.59. The van der Waals surface area contributed by atoms with E-state index in [1.165, 1.54) is 12.1 Å². The largest absolute Gasteiger partial charge is 0.295 e. The molecule has 1 aliphatic carbocycles. The van der Waals surface area contributed by atoms with Gasteiger partial charge in [0.05, 0.1) is 0 Å². The number of hydrogen-bond acceptors (Lipinski definition) is 1. The van der Waals surface area contributed by atoms with E-state index in [1.54, 1.807) is 18.2 Å². The zero-order valence-corrected chi connectivity index (χ0v) is 10.3. The van der Waals surface area contributed by atoms with Crippen LogP contribution >= 0.6 is 0 Å². The van der Waals surface area contributed by atoms with Crippen molar-refractivity contribution in [2.24, 2.45) is 5.41 Å². The molecule has 0 atom stereocenters. The third kappa shape index (κ3) is 3.26. The van der Waals surface area contributed by atoms with Crippen LogP contribution in [0.15, 0.2) is 35.9 Å². The average Bonchev–Trinajstić information content (AvgIpc) is 2.18. The fourth-order valence-corrected chi connectivity index (χ4v) is 2.46. The molecule has 1 aromatic rings. The highest BCUT2D eigenvalue weighted by molar-refractivity contribution is 5.91. The Hall–Kier alpha value is -1.44. The van der Waals surface area contributed by atoms with Gasteiger partial charge in [-0.1, -0.05) is 31.6 Å². The first-order valence-electron chi connectivity index (χ1n) is 5.91. The summed E-state index contributed by atoms with van der Waals surface area (Å²) in [7, 11) is 0. The Morgan fingerprint density at radius 1 is 1.18 bits per heavy atom. The molecule has 90 valence electrons. The van der Waals surface area contributed by atoms with Crippen molar-refractivity contribution in [2.75, 3.05) is 0 Å². The fraction of sp³-hybridized carbons (Fsp3) is 0.400. The summed E-state index contributed by atoms with van der Waals surface area (Å²) in [6, 6.07) is 6.49. The van der Waals surface area contributed by atoms with Crippen LogP contribution in [-0.4, -0.2) is 5.78 Å². The van der Waals surface area contributed by atoms with Gasteiger partial charge in [0.25, 0.3) is 0 Å². The number of ketones is 1. The zero-order chi connectivity index (χ0) is 12.5. The van der Waals surface area contributed by atoms with Gasteiger partial charge < -0.3 is 0 Å². The van der Waals surface area contributed by atoms with Crippen molar-refractivity contribution in [3.63, 3.8) is 0 Å². The third-order valence-corrected chi connectivity index (χ3v) is 3.07. The van der Waals surface area contributed by atoms with Gasteiger partial charge in [0.1, 0.15) is 5.82 Å². The number of rotatable bonds is 2. The molecule has 0 spiro atoms. The first-order valence-corrected chi connectivity index (χ1v) is 5.91. The van der Waals surface area contributed by atoms with Gasteiger partial charge in [0.15, 0.2) is 5.78 Å². The van der Waals surface area contributed by atoms with Crippen LogP contribution in [0.25, 0.3) is 0 Å². The predicted molar refractivity (Wildman–Crippen MR) is 66.2 cm³/mol. The number of benzene rings is 1. The molecular weight excluding hydrogens is 215 g/mol. The molecule has 0 unspecified atom stereocenters. The van der Waals surface area contributed by atoms with Gasteiger partial charge in [0.2, 0.25) is 0 Å². The topological polar surface area (TPSA) is 17.1 Å². The van der Waals surface area contributed by atoms with Crippen LogP contribution in [0.2, 0.25) is 0 Å². The summed E-state index contributed by atoms with van der Waals surface area (Å²) in [6.07, 6.45) is 4.07. The molecule has 1 aliphatic rings. The highest BCUT2D eigenvalue weighted by Crippen LogP contribution is 2.34. The summed E-state index contributed by atoms with van der Waals surface area (Å²) in [5.74, 6) is -0.0128. The molecule has 0 aliphatic heterocycles. The number of hydrogen-bond donors (Lipinski definition) is 0. The summed E-state index contributed by atoms with van der Waals surface area (Å²) < 4.78 is 12.8. The SMILES string of the molecule is CC1(C)CC(=O)C=C(Cc2ccc(F)cc2)C1. The average molecular weight is 232 g/mol. The van der Waals surface area contributed by atoms with Gasteiger partial charge in [-0.05, 0) is 42.0 Å². The van der Waals surface area contributed by atoms with Crippen molar-refractivity contribution >= 4 is 5.78 Å². The summed E-state index contributed by atoms with van der Waals surface area (Å²) in [5, 5.41) is 0. The van der Waals surface area contributed by atoms with E-state index < -0.39 is 0 Å². The van der Waals surface area contributed by atoms with E-state index in [2.05, 4.69) is 13.8 Å². The third-order valence-electron chi connectivity index (χ3n) is 3.07. The molecular formula is C15H17FO. The van der Waals surface area contributed by atoms with Crippen LogP contribution in [0.3, 0.4) is 0 Å². The van der Waals surface area contributed by atoms with Crippen LogP contribution in [0.4, 0.5) is 4.39 Å². The van der Waals surface area contributed by atoms with E-state index >= 15 is 0 Å². The van der Waals surface area contributed by atoms with Crippen LogP contribution in [0, 0.1) is 11.2 Å². The van der Waals surface area contributed by atoms with E-state index in [1.807, 2.05) is 0 Å². The Bertz CT molecular complexity index is 454. The lowest BCUT2D eigenvalue weighted by molar-refractivity contribution is -0.117. The first kappa shape index (κ1) is 12.0. The minimum Gasteiger partial charge on any atom is -0.295 e. The lowest BCUT2D eigenvalue weighted by atomic mass is 9.75. The summed E-state index contributed by atoms with van der Waals surface area (Å²) in [4.78, 5) is 11.6. The second-order valence-electron chi connectivity index (χ2n) is 5.59. The predicted octanol–water partition coefficient (Wildman–Crippen LogP) is 3.68. The molecule has 0 N–H and O–H groups in total. The number of allylic oxidation sites excluding steroid dienone is 2. The molecule has 0 fully saturated rings. The standard InChI is InChI=1S/C15H17FO/c1-15(2)9-12(8-14(17)10-15)7-11-3-5-13(16)6-4-11/h3-6,8H,7,9-10H2,1-2H3. The monoisotopic (exact) mass is 232 g/mol. The second kappa shape index (κ2) is 4.44. The first-order chi connectivity index (χ1) is 7.94. The summed E-state index contributed by atoms with van der Waals surface area (Å²) >= 11 is 0. The highest BCUT2D eigenvalue weighted by Gasteiger charge is 2.27. The van der Waals surface area contributed by atoms with Gasteiger partial charge in [-0.3, -0.25) is 4.79 Å². The van der Waals surface area contributed by atoms with Crippen LogP contribution in [0.5, 0.6) is 0 Å². The minimum absolute atomic E-state index is 0.0567. The van der Waals surface area contributed by atoms with Gasteiger partial charge in [0, 0.05) is 6.42 Å². The fourth-order valence-electron chi connectivity index (χ4n) is 2.46. The van der Waals surface area contributed by atoms with Crippen molar-refractivity contribution in [3.8, 4) is 0 Å². The molecule has 0 radical (unpaired) electrons. The lowest BCUT2D eigenvalue weighted by Gasteiger charge is -2.28. The normalized spacial score (nSPS) is 19.0. The molecule has 0 aromatic heterocycles. The van der Waals surface area contributed by atoms with Gasteiger partial charge in [-0.25, -0.2) is 4.39 Å². The Kier molecular flexibility index (Phi) is 3.14. The Morgan fingerprint density at radius 3 is 2.41 bits per heavy atom. The molecule has 0 amide bonds. The van der Waals surface area contributed by atoms with Gasteiger partial charge in [-0.2, -0.15) is 0 Å². The van der Waals surface area contributed by atoms with E-state index in [-0.39, 0.29) is 17.0 Å². The smallest absolute Gasteiger partial charge is 0.156 e. The molecule has 17 heavy (non-hydrogen) atoms. The summed E-state index contributed by atoms with van der Waals surface area (Å²) in [6.45, 7) is 4.23. The van der Waals surface area contributed by atoms with Crippen LogP contribution in [-0.2, 0) is 11.2 Å². The molecule has 0 saturated heterocycles. The molecule has 1 nitrogen and oxygen atoms in total. The maximum atomic E-state index is 12.8. The van der Waals surface area contributed by atoms with E-state index in [0.717, 1.165) is 24.0 Å². The summed E-state index contributed by atoms with van der Waals surface area (Å²) in [5.41, 5.74) is 2.27. The molecule has 0 saturated carbocycles. The molecule has 2 rings (SSSR count). The van der Waals surface area contributed by atoms with Crippen molar-refractivity contribution in [2.45, 2.75) is 33.1 Å². The maximum Gasteiger partial charge on any atom is 0.156 e. The van der Waals surface area contributed by atoms with Crippen molar-refractivity contribution in [1.82, 2.24) is 0 Å². The van der Waals surface area contributed by atoms with E-state index in [4.69, 9.17) is 0 Å². The maximum absolute atomic E-state index is 12.8. The minimum atomic E-state index is -0.220. The Morgan fingerprint density at radius 2 is 1.82 bits per heavy atom. The lowest BCUT2D eigenvalue weighted by Crippen LogP contribution is -2.22. The van der Waals surface area contributed by atoms with E-state index in [0.29, 0.717) is 6.42 Å². The number of carbonyl (C=O) groups is 1. The van der Waals surface area contributed by atoms with Crippen LogP contribution in [0.1, 0.15) is 32.3 Å². The van der Waals surface area contributed by atoms with Gasteiger partial charge in [-0.15, -0.1) is 0 Å². The van der Waals surface area contributed by atoms with Crippen molar-refractivity contribution in [3.05, 3.63) is 47.3 Å². The molecule has 2 heteroatoms. The van der Waals surface area contributed by atoms with Crippen LogP contribution < -0.4 is 0 Å². The van der Waals surface area contributed by atoms with E-state index in [9.17, 15) is 9.18 Å². The highest BCUT2D eigenvalue weighted by atomic mass is 19.1. The number of carbonyl (C=O) groups excluding carboxylic acids is 1. The number of halogens is 1.